The van der Waals surface area contributed by atoms with Crippen LogP contribution in [-0.4, -0.2) is 17.4 Å². The number of carbonyl (C=O) groups is 1. The molecule has 178 valence electrons. The minimum absolute atomic E-state index is 0.00904. The maximum Gasteiger partial charge on any atom is 0.269 e. The lowest BCUT2D eigenvalue weighted by Crippen LogP contribution is -2.14. The molecule has 0 aliphatic carbocycles. The van der Waals surface area contributed by atoms with E-state index in [1.54, 1.807) is 30.3 Å². The van der Waals surface area contributed by atoms with Crippen LogP contribution in [0.4, 0.5) is 11.4 Å². The normalized spacial score (nSPS) is 10.9. The summed E-state index contributed by atoms with van der Waals surface area (Å²) in [5.74, 6) is 0.423. The number of benzene rings is 3. The van der Waals surface area contributed by atoms with Crippen molar-refractivity contribution in [3.8, 4) is 17.6 Å². The van der Waals surface area contributed by atoms with Gasteiger partial charge in [-0.1, -0.05) is 23.8 Å². The van der Waals surface area contributed by atoms with Crippen LogP contribution in [-0.2, 0) is 11.4 Å². The summed E-state index contributed by atoms with van der Waals surface area (Å²) < 4.78 is 11.5. The average molecular weight is 472 g/mol. The van der Waals surface area contributed by atoms with Crippen LogP contribution >= 0.6 is 0 Å². The Hall–Kier alpha value is -4.64. The Morgan fingerprint density at radius 3 is 2.43 bits per heavy atom. The third kappa shape index (κ3) is 6.68. The van der Waals surface area contributed by atoms with E-state index in [0.717, 1.165) is 16.7 Å². The fourth-order valence-electron chi connectivity index (χ4n) is 3.34. The molecule has 0 unspecified atom stereocenters. The van der Waals surface area contributed by atoms with Crippen LogP contribution in [0.2, 0.25) is 0 Å². The number of nitro groups is 1. The number of non-ortho nitro benzene ring substituents is 1. The molecule has 3 rings (SSSR count). The van der Waals surface area contributed by atoms with Gasteiger partial charge in [0.15, 0.2) is 11.5 Å². The molecule has 0 aromatic heterocycles. The van der Waals surface area contributed by atoms with Crippen molar-refractivity contribution in [2.45, 2.75) is 27.4 Å². The van der Waals surface area contributed by atoms with E-state index >= 15 is 0 Å². The summed E-state index contributed by atoms with van der Waals surface area (Å²) in [6, 6.07) is 18.8. The highest BCUT2D eigenvalue weighted by molar-refractivity contribution is 6.10. The van der Waals surface area contributed by atoms with Crippen LogP contribution in [0, 0.1) is 35.3 Å². The number of ether oxygens (including phenoxy) is 2. The summed E-state index contributed by atoms with van der Waals surface area (Å²) in [6.07, 6.45) is 1.49. The zero-order valence-electron chi connectivity index (χ0n) is 19.7. The van der Waals surface area contributed by atoms with Gasteiger partial charge in [-0.3, -0.25) is 14.9 Å². The summed E-state index contributed by atoms with van der Waals surface area (Å²) in [4.78, 5) is 23.0. The quantitative estimate of drug-likeness (QED) is 0.184. The van der Waals surface area contributed by atoms with E-state index in [2.05, 4.69) is 5.32 Å². The molecule has 0 aliphatic rings. The zero-order valence-corrected chi connectivity index (χ0v) is 19.7. The summed E-state index contributed by atoms with van der Waals surface area (Å²) in [7, 11) is 0. The minimum Gasteiger partial charge on any atom is -0.490 e. The fourth-order valence-corrected chi connectivity index (χ4v) is 3.34. The van der Waals surface area contributed by atoms with Crippen molar-refractivity contribution in [2.24, 2.45) is 0 Å². The van der Waals surface area contributed by atoms with Gasteiger partial charge < -0.3 is 14.8 Å². The number of nitrogens with one attached hydrogen (secondary N) is 1. The van der Waals surface area contributed by atoms with Crippen molar-refractivity contribution < 1.29 is 19.2 Å². The van der Waals surface area contributed by atoms with E-state index in [0.29, 0.717) is 29.4 Å². The SMILES string of the molecule is CCOc1cc(/C=C(/C#N)C(=O)Nc2ccc(C)cc2C)ccc1OCc1ccc([N+](=O)[O-])cc1. The summed E-state index contributed by atoms with van der Waals surface area (Å²) in [6.45, 7) is 6.27. The predicted octanol–water partition coefficient (Wildman–Crippen LogP) is 5.74. The van der Waals surface area contributed by atoms with E-state index < -0.39 is 10.8 Å². The van der Waals surface area contributed by atoms with E-state index in [1.165, 1.54) is 18.2 Å². The molecule has 0 fully saturated rings. The molecule has 8 nitrogen and oxygen atoms in total. The van der Waals surface area contributed by atoms with Crippen LogP contribution in [0.3, 0.4) is 0 Å². The predicted molar refractivity (Wildman–Crippen MR) is 133 cm³/mol. The highest BCUT2D eigenvalue weighted by Crippen LogP contribution is 2.30. The van der Waals surface area contributed by atoms with E-state index in [1.807, 2.05) is 45.0 Å². The summed E-state index contributed by atoms with van der Waals surface area (Å²) >= 11 is 0. The number of nitrogens with zero attached hydrogens (tertiary/aromatic N) is 2. The number of aryl methyl sites for hydroxylation is 2. The second kappa shape index (κ2) is 11.5. The number of nitriles is 1. The fraction of sp³-hybridized carbons (Fsp3) is 0.185. The molecular formula is C27H25N3O5. The third-order valence-electron chi connectivity index (χ3n) is 5.12. The maximum atomic E-state index is 12.7. The first-order chi connectivity index (χ1) is 16.8. The first-order valence-corrected chi connectivity index (χ1v) is 10.9. The topological polar surface area (TPSA) is 114 Å². The van der Waals surface area contributed by atoms with Gasteiger partial charge in [-0.25, -0.2) is 0 Å². The molecule has 0 aliphatic heterocycles. The van der Waals surface area contributed by atoms with Gasteiger partial charge in [0.25, 0.3) is 11.6 Å². The van der Waals surface area contributed by atoms with Crippen molar-refractivity contribution in [3.63, 3.8) is 0 Å². The van der Waals surface area contributed by atoms with Crippen molar-refractivity contribution in [2.75, 3.05) is 11.9 Å². The Morgan fingerprint density at radius 1 is 1.06 bits per heavy atom. The van der Waals surface area contributed by atoms with Crippen LogP contribution in [0.15, 0.2) is 66.2 Å². The highest BCUT2D eigenvalue weighted by Gasteiger charge is 2.13. The molecule has 8 heteroatoms. The largest absolute Gasteiger partial charge is 0.490 e. The molecule has 3 aromatic carbocycles. The van der Waals surface area contributed by atoms with E-state index in [-0.39, 0.29) is 17.9 Å². The second-order valence-corrected chi connectivity index (χ2v) is 7.79. The summed E-state index contributed by atoms with van der Waals surface area (Å²) in [5.41, 5.74) is 3.95. The molecule has 1 N–H and O–H groups in total. The van der Waals surface area contributed by atoms with Gasteiger partial charge in [-0.05, 0) is 73.9 Å². The van der Waals surface area contributed by atoms with Crippen molar-refractivity contribution in [3.05, 3.63) is 98.6 Å². The highest BCUT2D eigenvalue weighted by atomic mass is 16.6. The Morgan fingerprint density at radius 2 is 1.80 bits per heavy atom. The Balaban J connectivity index is 1.77. The molecule has 0 radical (unpaired) electrons. The van der Waals surface area contributed by atoms with Crippen LogP contribution < -0.4 is 14.8 Å². The number of nitro benzene ring substituents is 1. The Kier molecular flexibility index (Phi) is 8.20. The molecular weight excluding hydrogens is 446 g/mol. The number of hydrogen-bond donors (Lipinski definition) is 1. The van der Waals surface area contributed by atoms with Gasteiger partial charge in [0, 0.05) is 17.8 Å². The lowest BCUT2D eigenvalue weighted by atomic mass is 10.1. The van der Waals surface area contributed by atoms with E-state index in [4.69, 9.17) is 9.47 Å². The Bertz CT molecular complexity index is 1310. The third-order valence-corrected chi connectivity index (χ3v) is 5.12. The van der Waals surface area contributed by atoms with Gasteiger partial charge in [0.1, 0.15) is 18.2 Å². The molecule has 0 heterocycles. The van der Waals surface area contributed by atoms with Crippen molar-refractivity contribution in [1.82, 2.24) is 0 Å². The number of anilines is 1. The van der Waals surface area contributed by atoms with Gasteiger partial charge in [0.05, 0.1) is 11.5 Å². The first-order valence-electron chi connectivity index (χ1n) is 10.9. The smallest absolute Gasteiger partial charge is 0.269 e. The van der Waals surface area contributed by atoms with Gasteiger partial charge in [-0.15, -0.1) is 0 Å². The molecule has 3 aromatic rings. The zero-order chi connectivity index (χ0) is 25.4. The van der Waals surface area contributed by atoms with Crippen molar-refractivity contribution in [1.29, 1.82) is 5.26 Å². The molecule has 1 amide bonds. The van der Waals surface area contributed by atoms with Gasteiger partial charge in [0.2, 0.25) is 0 Å². The molecule has 0 saturated carbocycles. The first kappa shape index (κ1) is 25.0. The average Bonchev–Trinajstić information content (AvgIpc) is 2.84. The van der Waals surface area contributed by atoms with Crippen LogP contribution in [0.1, 0.15) is 29.2 Å². The van der Waals surface area contributed by atoms with Crippen molar-refractivity contribution >= 4 is 23.4 Å². The minimum atomic E-state index is -0.504. The Labute approximate surface area is 203 Å². The monoisotopic (exact) mass is 471 g/mol. The molecule has 0 spiro atoms. The maximum absolute atomic E-state index is 12.7. The molecule has 0 bridgehead atoms. The molecule has 0 atom stereocenters. The molecule has 35 heavy (non-hydrogen) atoms. The van der Waals surface area contributed by atoms with Crippen LogP contribution in [0.5, 0.6) is 11.5 Å². The number of hydrogen-bond acceptors (Lipinski definition) is 6. The van der Waals surface area contributed by atoms with Gasteiger partial charge in [-0.2, -0.15) is 5.26 Å². The van der Waals surface area contributed by atoms with Crippen LogP contribution in [0.25, 0.3) is 6.08 Å². The van der Waals surface area contributed by atoms with E-state index in [9.17, 15) is 20.2 Å². The van der Waals surface area contributed by atoms with Gasteiger partial charge >= 0.3 is 0 Å². The number of rotatable bonds is 9. The lowest BCUT2D eigenvalue weighted by molar-refractivity contribution is -0.384. The standard InChI is InChI=1S/C27H25N3O5/c1-4-34-26-15-21(8-12-25(26)35-17-20-6-9-23(10-7-20)30(32)33)14-22(16-28)27(31)29-24-11-5-18(2)13-19(24)3/h5-15H,4,17H2,1-3H3,(H,29,31)/b22-14-. The second-order valence-electron chi connectivity index (χ2n) is 7.79. The number of carbonyl (C=O) groups excluding carboxylic acids is 1. The molecule has 0 saturated heterocycles. The number of amides is 1. The lowest BCUT2D eigenvalue weighted by Gasteiger charge is -2.13. The summed E-state index contributed by atoms with van der Waals surface area (Å²) in [5, 5.41) is 23.2.